The van der Waals surface area contributed by atoms with Crippen molar-refractivity contribution < 1.29 is 0 Å². The summed E-state index contributed by atoms with van der Waals surface area (Å²) >= 11 is 0. The first-order valence-corrected chi connectivity index (χ1v) is 6.99. The lowest BCUT2D eigenvalue weighted by molar-refractivity contribution is 0.302. The third-order valence-corrected chi connectivity index (χ3v) is 2.63. The lowest BCUT2D eigenvalue weighted by Gasteiger charge is -2.33. The molecule has 0 spiro atoms. The number of rotatable bonds is 5. The minimum Gasteiger partial charge on any atom is -0.370 e. The van der Waals surface area contributed by atoms with E-state index in [2.05, 4.69) is 62.1 Å². The maximum absolute atomic E-state index is 4.47. The van der Waals surface area contributed by atoms with Gasteiger partial charge in [-0.2, -0.15) is 0 Å². The zero-order valence-corrected chi connectivity index (χ0v) is 13.4. The SMILES string of the molecule is CCNc1cc(NC(C)(C)CC(C)(C)C)nc(C)n1. The lowest BCUT2D eigenvalue weighted by Crippen LogP contribution is -2.35. The maximum atomic E-state index is 4.47. The van der Waals surface area contributed by atoms with Crippen LogP contribution in [0.25, 0.3) is 0 Å². The number of aromatic nitrogens is 2. The smallest absolute Gasteiger partial charge is 0.132 e. The van der Waals surface area contributed by atoms with E-state index in [9.17, 15) is 0 Å². The minimum atomic E-state index is 0.00251. The van der Waals surface area contributed by atoms with Crippen molar-refractivity contribution in [2.24, 2.45) is 5.41 Å². The summed E-state index contributed by atoms with van der Waals surface area (Å²) in [5.41, 5.74) is 0.283. The average Bonchev–Trinajstić information content (AvgIpc) is 2.10. The molecule has 2 N–H and O–H groups in total. The first-order chi connectivity index (χ1) is 8.61. The molecule has 0 saturated heterocycles. The number of nitrogens with zero attached hydrogens (tertiary/aromatic N) is 2. The molecule has 4 nitrogen and oxygen atoms in total. The summed E-state index contributed by atoms with van der Waals surface area (Å²) in [6.07, 6.45) is 1.07. The van der Waals surface area contributed by atoms with Gasteiger partial charge >= 0.3 is 0 Å². The second kappa shape index (κ2) is 5.76. The van der Waals surface area contributed by atoms with Crippen molar-refractivity contribution in [2.75, 3.05) is 17.2 Å². The first kappa shape index (κ1) is 15.7. The summed E-state index contributed by atoms with van der Waals surface area (Å²) in [7, 11) is 0. The minimum absolute atomic E-state index is 0.00251. The second-order valence-corrected chi connectivity index (χ2v) is 6.96. The Morgan fingerprint density at radius 2 is 1.63 bits per heavy atom. The molecule has 0 unspecified atom stereocenters. The topological polar surface area (TPSA) is 49.8 Å². The second-order valence-electron chi connectivity index (χ2n) is 6.96. The number of nitrogens with one attached hydrogen (secondary N) is 2. The molecule has 0 amide bonds. The van der Waals surface area contributed by atoms with Gasteiger partial charge < -0.3 is 10.6 Å². The predicted molar refractivity (Wildman–Crippen MR) is 82.7 cm³/mol. The maximum Gasteiger partial charge on any atom is 0.132 e. The van der Waals surface area contributed by atoms with Crippen LogP contribution in [0.4, 0.5) is 11.6 Å². The number of hydrogen-bond donors (Lipinski definition) is 2. The quantitative estimate of drug-likeness (QED) is 0.848. The third kappa shape index (κ3) is 5.90. The van der Waals surface area contributed by atoms with Crippen LogP contribution >= 0.6 is 0 Å². The Balaban J connectivity index is 2.86. The Labute approximate surface area is 117 Å². The molecule has 108 valence electrons. The van der Waals surface area contributed by atoms with Gasteiger partial charge in [-0.1, -0.05) is 20.8 Å². The zero-order valence-electron chi connectivity index (χ0n) is 13.4. The van der Waals surface area contributed by atoms with Crippen molar-refractivity contribution in [2.45, 2.75) is 60.4 Å². The van der Waals surface area contributed by atoms with Crippen molar-refractivity contribution in [3.05, 3.63) is 11.9 Å². The van der Waals surface area contributed by atoms with E-state index in [0.29, 0.717) is 0 Å². The molecule has 0 aromatic carbocycles. The van der Waals surface area contributed by atoms with E-state index < -0.39 is 0 Å². The molecule has 1 aromatic heterocycles. The highest BCUT2D eigenvalue weighted by Crippen LogP contribution is 2.29. The van der Waals surface area contributed by atoms with Crippen LogP contribution < -0.4 is 10.6 Å². The Bertz CT molecular complexity index is 419. The predicted octanol–water partition coefficient (Wildman–Crippen LogP) is 3.84. The molecule has 0 aliphatic carbocycles. The number of aryl methyl sites for hydroxylation is 1. The molecule has 0 atom stereocenters. The lowest BCUT2D eigenvalue weighted by atomic mass is 9.82. The molecule has 0 aliphatic rings. The monoisotopic (exact) mass is 264 g/mol. The molecule has 0 bridgehead atoms. The van der Waals surface area contributed by atoms with Crippen molar-refractivity contribution in [3.63, 3.8) is 0 Å². The van der Waals surface area contributed by atoms with E-state index in [-0.39, 0.29) is 11.0 Å². The van der Waals surface area contributed by atoms with Gasteiger partial charge in [0.25, 0.3) is 0 Å². The standard InChI is InChI=1S/C15H28N4/c1-8-16-12-9-13(18-11(2)17-12)19-15(6,7)10-14(3,4)5/h9H,8,10H2,1-7H3,(H2,16,17,18,19). The number of hydrogen-bond acceptors (Lipinski definition) is 4. The highest BCUT2D eigenvalue weighted by atomic mass is 15.1. The molecule has 1 rings (SSSR count). The van der Waals surface area contributed by atoms with Crippen LogP contribution in [0.3, 0.4) is 0 Å². The molecule has 1 heterocycles. The van der Waals surface area contributed by atoms with Gasteiger partial charge in [-0.25, -0.2) is 9.97 Å². The van der Waals surface area contributed by atoms with E-state index in [1.54, 1.807) is 0 Å². The largest absolute Gasteiger partial charge is 0.370 e. The van der Waals surface area contributed by atoms with Gasteiger partial charge in [0, 0.05) is 18.2 Å². The van der Waals surface area contributed by atoms with Gasteiger partial charge in [0.2, 0.25) is 0 Å². The van der Waals surface area contributed by atoms with E-state index in [0.717, 1.165) is 30.4 Å². The van der Waals surface area contributed by atoms with Gasteiger partial charge in [0.15, 0.2) is 0 Å². The highest BCUT2D eigenvalue weighted by Gasteiger charge is 2.25. The van der Waals surface area contributed by atoms with Crippen LogP contribution in [0.5, 0.6) is 0 Å². The van der Waals surface area contributed by atoms with Gasteiger partial charge in [0.05, 0.1) is 0 Å². The molecule has 0 saturated carbocycles. The molecule has 4 heteroatoms. The molecule has 0 radical (unpaired) electrons. The van der Waals surface area contributed by atoms with Gasteiger partial charge in [-0.3, -0.25) is 0 Å². The van der Waals surface area contributed by atoms with Crippen LogP contribution in [0.1, 0.15) is 53.8 Å². The zero-order chi connectivity index (χ0) is 14.7. The summed E-state index contributed by atoms with van der Waals surface area (Å²) < 4.78 is 0. The van der Waals surface area contributed by atoms with Crippen molar-refractivity contribution >= 4 is 11.6 Å². The summed E-state index contributed by atoms with van der Waals surface area (Å²) in [5, 5.41) is 6.75. The fourth-order valence-corrected chi connectivity index (χ4v) is 2.62. The molecular formula is C15H28N4. The van der Waals surface area contributed by atoms with Crippen molar-refractivity contribution in [1.82, 2.24) is 9.97 Å². The summed E-state index contributed by atoms with van der Waals surface area (Å²) in [5.74, 6) is 2.55. The van der Waals surface area contributed by atoms with Crippen molar-refractivity contribution in [3.8, 4) is 0 Å². The third-order valence-electron chi connectivity index (χ3n) is 2.63. The van der Waals surface area contributed by atoms with E-state index >= 15 is 0 Å². The Morgan fingerprint density at radius 3 is 2.16 bits per heavy atom. The summed E-state index contributed by atoms with van der Waals surface area (Å²) in [6, 6.07) is 1.97. The van der Waals surface area contributed by atoms with Crippen LogP contribution in [-0.4, -0.2) is 22.1 Å². The van der Waals surface area contributed by atoms with Crippen LogP contribution in [0.2, 0.25) is 0 Å². The number of anilines is 2. The summed E-state index contributed by atoms with van der Waals surface area (Å²) in [4.78, 5) is 8.84. The molecular weight excluding hydrogens is 236 g/mol. The fraction of sp³-hybridized carbons (Fsp3) is 0.733. The van der Waals surface area contributed by atoms with Crippen LogP contribution in [0, 0.1) is 12.3 Å². The first-order valence-electron chi connectivity index (χ1n) is 6.99. The normalized spacial score (nSPS) is 12.4. The summed E-state index contributed by atoms with van der Waals surface area (Å²) in [6.45, 7) is 16.0. The molecule has 0 fully saturated rings. The molecule has 19 heavy (non-hydrogen) atoms. The Morgan fingerprint density at radius 1 is 1.05 bits per heavy atom. The van der Waals surface area contributed by atoms with Crippen LogP contribution in [-0.2, 0) is 0 Å². The van der Waals surface area contributed by atoms with E-state index in [1.165, 1.54) is 0 Å². The Kier molecular flexibility index (Phi) is 4.77. The van der Waals surface area contributed by atoms with E-state index in [1.807, 2.05) is 13.0 Å². The van der Waals surface area contributed by atoms with E-state index in [4.69, 9.17) is 0 Å². The highest BCUT2D eigenvalue weighted by molar-refractivity contribution is 5.48. The Hall–Kier alpha value is -1.32. The van der Waals surface area contributed by atoms with Crippen LogP contribution in [0.15, 0.2) is 6.07 Å². The molecule has 0 aliphatic heterocycles. The van der Waals surface area contributed by atoms with Crippen molar-refractivity contribution in [1.29, 1.82) is 0 Å². The fourth-order valence-electron chi connectivity index (χ4n) is 2.62. The average molecular weight is 264 g/mol. The van der Waals surface area contributed by atoms with Gasteiger partial charge in [-0.05, 0) is 39.5 Å². The van der Waals surface area contributed by atoms with Gasteiger partial charge in [-0.15, -0.1) is 0 Å². The molecule has 1 aromatic rings. The van der Waals surface area contributed by atoms with Gasteiger partial charge in [0.1, 0.15) is 17.5 Å².